The lowest BCUT2D eigenvalue weighted by Gasteiger charge is -2.23. The molecule has 0 aromatic carbocycles. The van der Waals surface area contributed by atoms with Gasteiger partial charge in [-0.1, -0.05) is 0 Å². The Morgan fingerprint density at radius 2 is 1.55 bits per heavy atom. The SMILES string of the molecule is Cc1ccc(C)n1C(C)(C)O. The highest BCUT2D eigenvalue weighted by Gasteiger charge is 2.17. The van der Waals surface area contributed by atoms with Gasteiger partial charge >= 0.3 is 0 Å². The topological polar surface area (TPSA) is 25.2 Å². The molecule has 11 heavy (non-hydrogen) atoms. The van der Waals surface area contributed by atoms with Crippen LogP contribution in [0.5, 0.6) is 0 Å². The van der Waals surface area contributed by atoms with Crippen LogP contribution in [0.3, 0.4) is 0 Å². The van der Waals surface area contributed by atoms with Crippen LogP contribution in [0.15, 0.2) is 12.1 Å². The van der Waals surface area contributed by atoms with Gasteiger partial charge in [-0.15, -0.1) is 0 Å². The van der Waals surface area contributed by atoms with E-state index in [1.165, 1.54) is 0 Å². The first kappa shape index (κ1) is 8.34. The van der Waals surface area contributed by atoms with E-state index < -0.39 is 5.72 Å². The van der Waals surface area contributed by atoms with Crippen molar-refractivity contribution in [3.8, 4) is 0 Å². The lowest BCUT2D eigenvalue weighted by Crippen LogP contribution is -2.27. The molecule has 0 unspecified atom stereocenters. The third-order valence-electron chi connectivity index (χ3n) is 1.82. The van der Waals surface area contributed by atoms with Crippen molar-refractivity contribution in [2.45, 2.75) is 33.4 Å². The molecule has 0 spiro atoms. The molecule has 0 aliphatic rings. The minimum Gasteiger partial charge on any atom is -0.371 e. The summed E-state index contributed by atoms with van der Waals surface area (Å²) in [6.07, 6.45) is 0. The average molecular weight is 153 g/mol. The second-order valence-corrected chi connectivity index (χ2v) is 3.45. The van der Waals surface area contributed by atoms with Gasteiger partial charge in [0.05, 0.1) is 0 Å². The first-order chi connectivity index (χ1) is 4.93. The molecule has 1 aromatic heterocycles. The van der Waals surface area contributed by atoms with Crippen LogP contribution >= 0.6 is 0 Å². The number of aliphatic hydroxyl groups is 1. The number of hydrogen-bond acceptors (Lipinski definition) is 1. The third-order valence-corrected chi connectivity index (χ3v) is 1.82. The van der Waals surface area contributed by atoms with Crippen LogP contribution in [0.2, 0.25) is 0 Å². The van der Waals surface area contributed by atoms with Gasteiger partial charge in [-0.2, -0.15) is 0 Å². The van der Waals surface area contributed by atoms with Crippen molar-refractivity contribution in [2.24, 2.45) is 0 Å². The van der Waals surface area contributed by atoms with Crippen molar-refractivity contribution >= 4 is 0 Å². The average Bonchev–Trinajstić information content (AvgIpc) is 2.08. The van der Waals surface area contributed by atoms with Crippen LogP contribution in [0, 0.1) is 13.8 Å². The first-order valence-corrected chi connectivity index (χ1v) is 3.81. The van der Waals surface area contributed by atoms with E-state index in [1.54, 1.807) is 13.8 Å². The Kier molecular flexibility index (Phi) is 1.80. The van der Waals surface area contributed by atoms with Crippen LogP contribution in [-0.4, -0.2) is 9.67 Å². The van der Waals surface area contributed by atoms with Crippen LogP contribution in [0.1, 0.15) is 25.2 Å². The minimum atomic E-state index is -0.780. The number of rotatable bonds is 1. The zero-order valence-electron chi connectivity index (χ0n) is 7.55. The highest BCUT2D eigenvalue weighted by molar-refractivity contribution is 5.15. The van der Waals surface area contributed by atoms with Crippen LogP contribution in [0.25, 0.3) is 0 Å². The summed E-state index contributed by atoms with van der Waals surface area (Å²) in [6, 6.07) is 4.01. The van der Waals surface area contributed by atoms with Gasteiger partial charge in [-0.3, -0.25) is 0 Å². The van der Waals surface area contributed by atoms with Gasteiger partial charge in [-0.05, 0) is 39.8 Å². The molecule has 0 amide bonds. The maximum atomic E-state index is 9.70. The number of aromatic nitrogens is 1. The first-order valence-electron chi connectivity index (χ1n) is 3.81. The quantitative estimate of drug-likeness (QED) is 0.653. The lowest BCUT2D eigenvalue weighted by molar-refractivity contribution is -0.00131. The molecule has 1 aromatic rings. The second-order valence-electron chi connectivity index (χ2n) is 3.45. The molecule has 0 saturated heterocycles. The normalized spacial score (nSPS) is 12.1. The van der Waals surface area contributed by atoms with Crippen LogP contribution in [-0.2, 0) is 5.72 Å². The summed E-state index contributed by atoms with van der Waals surface area (Å²) < 4.78 is 1.91. The zero-order chi connectivity index (χ0) is 8.65. The van der Waals surface area contributed by atoms with Crippen molar-refractivity contribution in [3.05, 3.63) is 23.5 Å². The molecule has 0 fully saturated rings. The Morgan fingerprint density at radius 1 is 1.18 bits per heavy atom. The summed E-state index contributed by atoms with van der Waals surface area (Å²) in [4.78, 5) is 0. The molecule has 0 radical (unpaired) electrons. The van der Waals surface area contributed by atoms with Gasteiger partial charge in [0.2, 0.25) is 0 Å². The Balaban J connectivity index is 3.21. The fourth-order valence-electron chi connectivity index (χ4n) is 1.53. The maximum Gasteiger partial charge on any atom is 0.135 e. The van der Waals surface area contributed by atoms with Crippen molar-refractivity contribution in [1.29, 1.82) is 0 Å². The number of nitrogens with zero attached hydrogens (tertiary/aromatic N) is 1. The monoisotopic (exact) mass is 153 g/mol. The Hall–Kier alpha value is -0.760. The Bertz CT molecular complexity index is 236. The van der Waals surface area contributed by atoms with E-state index in [4.69, 9.17) is 0 Å². The van der Waals surface area contributed by atoms with Crippen molar-refractivity contribution < 1.29 is 5.11 Å². The van der Waals surface area contributed by atoms with E-state index in [0.29, 0.717) is 0 Å². The summed E-state index contributed by atoms with van der Waals surface area (Å²) in [7, 11) is 0. The largest absolute Gasteiger partial charge is 0.371 e. The Labute approximate surface area is 67.5 Å². The summed E-state index contributed by atoms with van der Waals surface area (Å²) in [5.41, 5.74) is 1.41. The van der Waals surface area contributed by atoms with Gasteiger partial charge < -0.3 is 9.67 Å². The maximum absolute atomic E-state index is 9.70. The summed E-state index contributed by atoms with van der Waals surface area (Å²) >= 11 is 0. The smallest absolute Gasteiger partial charge is 0.135 e. The van der Waals surface area contributed by atoms with Crippen molar-refractivity contribution in [3.63, 3.8) is 0 Å². The molecule has 0 aliphatic heterocycles. The van der Waals surface area contributed by atoms with Gasteiger partial charge in [0.25, 0.3) is 0 Å². The van der Waals surface area contributed by atoms with Crippen LogP contribution < -0.4 is 0 Å². The zero-order valence-corrected chi connectivity index (χ0v) is 7.55. The molecule has 2 nitrogen and oxygen atoms in total. The Morgan fingerprint density at radius 3 is 1.73 bits per heavy atom. The van der Waals surface area contributed by atoms with E-state index in [0.717, 1.165) is 11.4 Å². The van der Waals surface area contributed by atoms with Gasteiger partial charge in [0.1, 0.15) is 5.72 Å². The standard InChI is InChI=1S/C9H15NO/c1-7-5-6-8(2)10(7)9(3,4)11/h5-6,11H,1-4H3. The molecule has 0 saturated carbocycles. The highest BCUT2D eigenvalue weighted by atomic mass is 16.3. The lowest BCUT2D eigenvalue weighted by atomic mass is 10.3. The number of aryl methyl sites for hydroxylation is 2. The predicted octanol–water partition coefficient (Wildman–Crippen LogP) is 1.79. The molecule has 0 aliphatic carbocycles. The molecule has 1 N–H and O–H groups in total. The predicted molar refractivity (Wildman–Crippen MR) is 45.4 cm³/mol. The summed E-state index contributed by atoms with van der Waals surface area (Å²) in [6.45, 7) is 7.55. The van der Waals surface area contributed by atoms with E-state index in [-0.39, 0.29) is 0 Å². The fraction of sp³-hybridized carbons (Fsp3) is 0.556. The molecular weight excluding hydrogens is 138 g/mol. The van der Waals surface area contributed by atoms with E-state index in [1.807, 2.05) is 30.5 Å². The molecule has 1 rings (SSSR count). The van der Waals surface area contributed by atoms with Crippen LogP contribution in [0.4, 0.5) is 0 Å². The highest BCUT2D eigenvalue weighted by Crippen LogP contribution is 2.17. The van der Waals surface area contributed by atoms with Gasteiger partial charge in [0, 0.05) is 11.4 Å². The number of hydrogen-bond donors (Lipinski definition) is 1. The van der Waals surface area contributed by atoms with Gasteiger partial charge in [-0.25, -0.2) is 0 Å². The fourth-order valence-corrected chi connectivity index (χ4v) is 1.53. The van der Waals surface area contributed by atoms with Gasteiger partial charge in [0.15, 0.2) is 0 Å². The molecule has 0 atom stereocenters. The molecule has 62 valence electrons. The molecule has 1 heterocycles. The molecule has 2 heteroatoms. The summed E-state index contributed by atoms with van der Waals surface area (Å²) in [5.74, 6) is 0. The van der Waals surface area contributed by atoms with E-state index in [9.17, 15) is 5.11 Å². The molecular formula is C9H15NO. The van der Waals surface area contributed by atoms with Crippen molar-refractivity contribution in [2.75, 3.05) is 0 Å². The second kappa shape index (κ2) is 2.38. The summed E-state index contributed by atoms with van der Waals surface area (Å²) in [5, 5.41) is 9.70. The third kappa shape index (κ3) is 1.46. The minimum absolute atomic E-state index is 0.780. The van der Waals surface area contributed by atoms with Crippen molar-refractivity contribution in [1.82, 2.24) is 4.57 Å². The van der Waals surface area contributed by atoms with E-state index >= 15 is 0 Å². The van der Waals surface area contributed by atoms with E-state index in [2.05, 4.69) is 0 Å². The molecule has 0 bridgehead atoms.